The van der Waals surface area contributed by atoms with Gasteiger partial charge in [0.2, 0.25) is 0 Å². The van der Waals surface area contributed by atoms with Crippen LogP contribution in [0.2, 0.25) is 0 Å². The van der Waals surface area contributed by atoms with E-state index >= 15 is 0 Å². The third-order valence-corrected chi connectivity index (χ3v) is 4.16. The molecule has 5 heteroatoms. The Balaban J connectivity index is 2.62. The van der Waals surface area contributed by atoms with Crippen LogP contribution < -0.4 is 5.73 Å². The van der Waals surface area contributed by atoms with Gasteiger partial charge in [-0.25, -0.2) is 0 Å². The molecule has 0 saturated carbocycles. The number of halogens is 1. The van der Waals surface area contributed by atoms with Crippen LogP contribution in [0, 0.1) is 10.8 Å². The lowest BCUT2D eigenvalue weighted by atomic mass is 9.81. The quantitative estimate of drug-likeness (QED) is 0.473. The first kappa shape index (κ1) is 12.5. The van der Waals surface area contributed by atoms with Crippen LogP contribution in [0.4, 0.5) is 0 Å². The van der Waals surface area contributed by atoms with Crippen LogP contribution >= 0.6 is 27.7 Å². The van der Waals surface area contributed by atoms with Gasteiger partial charge in [-0.15, -0.1) is 0 Å². The molecule has 3 N–H and O–H groups in total. The van der Waals surface area contributed by atoms with E-state index in [1.807, 2.05) is 6.92 Å². The summed E-state index contributed by atoms with van der Waals surface area (Å²) in [7, 11) is 0. The molecule has 0 aromatic rings. The molecule has 0 aromatic heterocycles. The van der Waals surface area contributed by atoms with Gasteiger partial charge in [0, 0.05) is 25.2 Å². The van der Waals surface area contributed by atoms with Crippen molar-refractivity contribution in [3.05, 3.63) is 0 Å². The molecule has 1 unspecified atom stereocenters. The molecule has 0 aromatic carbocycles. The number of thioether (sulfide) groups is 1. The number of hydrogen-bond acceptors (Lipinski definition) is 4. The van der Waals surface area contributed by atoms with Crippen LogP contribution in [-0.2, 0) is 4.74 Å². The summed E-state index contributed by atoms with van der Waals surface area (Å²) >= 11 is 4.99. The van der Waals surface area contributed by atoms with E-state index in [1.54, 1.807) is 11.8 Å². The highest BCUT2D eigenvalue weighted by Gasteiger charge is 2.36. The Hall–Kier alpha value is 0.420. The van der Waals surface area contributed by atoms with Gasteiger partial charge in [0.05, 0.1) is 9.20 Å². The first-order chi connectivity index (χ1) is 6.60. The third kappa shape index (κ3) is 2.95. The van der Waals surface area contributed by atoms with Crippen molar-refractivity contribution in [1.29, 1.82) is 5.41 Å². The van der Waals surface area contributed by atoms with Crippen LogP contribution in [0.5, 0.6) is 0 Å². The average molecular weight is 281 g/mol. The van der Waals surface area contributed by atoms with Crippen LogP contribution in [-0.4, -0.2) is 29.0 Å². The minimum absolute atomic E-state index is 0.120. The molecule has 0 aliphatic carbocycles. The van der Waals surface area contributed by atoms with E-state index in [0.29, 0.717) is 11.6 Å². The molecule has 1 atom stereocenters. The molecule has 1 heterocycles. The van der Waals surface area contributed by atoms with Gasteiger partial charge in [0.15, 0.2) is 0 Å². The van der Waals surface area contributed by atoms with E-state index in [4.69, 9.17) is 15.9 Å². The predicted octanol–water partition coefficient (Wildman–Crippen LogP) is 2.19. The van der Waals surface area contributed by atoms with Gasteiger partial charge < -0.3 is 10.5 Å². The smallest absolute Gasteiger partial charge is 0.0728 e. The lowest BCUT2D eigenvalue weighted by molar-refractivity contribution is 0.0496. The van der Waals surface area contributed by atoms with Gasteiger partial charge in [0.1, 0.15) is 0 Å². The second-order valence-corrected chi connectivity index (χ2v) is 6.92. The van der Waals surface area contributed by atoms with E-state index in [1.165, 1.54) is 0 Å². The minimum atomic E-state index is -0.120. The molecule has 1 saturated heterocycles. The van der Waals surface area contributed by atoms with Crippen LogP contribution in [0.1, 0.15) is 19.8 Å². The molecule has 82 valence electrons. The van der Waals surface area contributed by atoms with Gasteiger partial charge in [-0.2, -0.15) is 0 Å². The number of nitrogens with two attached hydrogens (primary N) is 1. The summed E-state index contributed by atoms with van der Waals surface area (Å²) in [4.78, 5) is 0. The Morgan fingerprint density at radius 3 is 2.64 bits per heavy atom. The fraction of sp³-hybridized carbons (Fsp3) is 0.889. The van der Waals surface area contributed by atoms with Crippen molar-refractivity contribution in [3.8, 4) is 0 Å². The van der Waals surface area contributed by atoms with Crippen molar-refractivity contribution in [2.45, 2.75) is 23.9 Å². The molecular formula is C9H17BrN2OS. The van der Waals surface area contributed by atoms with Gasteiger partial charge in [-0.1, -0.05) is 27.7 Å². The normalized spacial score (nSPS) is 23.1. The summed E-state index contributed by atoms with van der Waals surface area (Å²) in [6, 6.07) is 0. The molecular weight excluding hydrogens is 264 g/mol. The molecule has 0 bridgehead atoms. The zero-order valence-corrected chi connectivity index (χ0v) is 10.8. The predicted molar refractivity (Wildman–Crippen MR) is 65.2 cm³/mol. The highest BCUT2D eigenvalue weighted by Crippen LogP contribution is 2.37. The minimum Gasteiger partial charge on any atom is -0.381 e. The molecule has 3 nitrogen and oxygen atoms in total. The highest BCUT2D eigenvalue weighted by atomic mass is 79.9. The topological polar surface area (TPSA) is 59.1 Å². The van der Waals surface area contributed by atoms with Crippen molar-refractivity contribution >= 4 is 32.7 Å². The summed E-state index contributed by atoms with van der Waals surface area (Å²) in [6.07, 6.45) is 1.77. The monoisotopic (exact) mass is 280 g/mol. The molecule has 0 spiro atoms. The lowest BCUT2D eigenvalue weighted by Gasteiger charge is -2.36. The Kier molecular flexibility index (Phi) is 4.90. The number of ether oxygens (including phenoxy) is 1. The number of alkyl halides is 1. The lowest BCUT2D eigenvalue weighted by Crippen LogP contribution is -2.42. The average Bonchev–Trinajstić information content (AvgIpc) is 2.18. The van der Waals surface area contributed by atoms with Crippen molar-refractivity contribution in [1.82, 2.24) is 0 Å². The summed E-state index contributed by atoms with van der Waals surface area (Å²) in [6.45, 7) is 4.05. The van der Waals surface area contributed by atoms with E-state index < -0.39 is 0 Å². The Bertz CT molecular complexity index is 205. The SMILES string of the molecule is CC(Br)SC(=N)C1(CN)CCOCC1. The number of hydrogen-bond donors (Lipinski definition) is 2. The zero-order valence-electron chi connectivity index (χ0n) is 8.38. The maximum absolute atomic E-state index is 8.06. The molecule has 0 radical (unpaired) electrons. The van der Waals surface area contributed by atoms with Crippen molar-refractivity contribution in [2.24, 2.45) is 11.1 Å². The maximum Gasteiger partial charge on any atom is 0.0728 e. The van der Waals surface area contributed by atoms with E-state index in [9.17, 15) is 0 Å². The van der Waals surface area contributed by atoms with E-state index in [-0.39, 0.29) is 9.57 Å². The molecule has 0 amide bonds. The summed E-state index contributed by atoms with van der Waals surface area (Å²) < 4.78 is 5.59. The molecule has 1 aliphatic rings. The Morgan fingerprint density at radius 2 is 2.21 bits per heavy atom. The first-order valence-corrected chi connectivity index (χ1v) is 6.58. The molecule has 1 rings (SSSR count). The van der Waals surface area contributed by atoms with Crippen LogP contribution in [0.25, 0.3) is 0 Å². The third-order valence-electron chi connectivity index (χ3n) is 2.60. The van der Waals surface area contributed by atoms with Crippen LogP contribution in [0.3, 0.4) is 0 Å². The fourth-order valence-corrected chi connectivity index (χ4v) is 3.00. The summed E-state index contributed by atoms with van der Waals surface area (Å²) in [5.41, 5.74) is 5.67. The second-order valence-electron chi connectivity index (χ2n) is 3.59. The summed E-state index contributed by atoms with van der Waals surface area (Å²) in [5.74, 6) is 0. The van der Waals surface area contributed by atoms with Crippen LogP contribution in [0.15, 0.2) is 0 Å². The fourth-order valence-electron chi connectivity index (χ4n) is 1.57. The molecule has 1 aliphatic heterocycles. The first-order valence-electron chi connectivity index (χ1n) is 4.78. The van der Waals surface area contributed by atoms with Gasteiger partial charge in [-0.3, -0.25) is 5.41 Å². The van der Waals surface area contributed by atoms with Gasteiger partial charge >= 0.3 is 0 Å². The molecule has 1 fully saturated rings. The van der Waals surface area contributed by atoms with Crippen molar-refractivity contribution in [2.75, 3.05) is 19.8 Å². The highest BCUT2D eigenvalue weighted by molar-refractivity contribution is 9.11. The second kappa shape index (κ2) is 5.49. The maximum atomic E-state index is 8.06. The largest absolute Gasteiger partial charge is 0.381 e. The molecule has 14 heavy (non-hydrogen) atoms. The Morgan fingerprint density at radius 1 is 1.64 bits per heavy atom. The standard InChI is InChI=1S/C9H17BrN2OS/c1-7(10)14-8(12)9(6-11)2-4-13-5-3-9/h7,12H,2-6,11H2,1H3. The van der Waals surface area contributed by atoms with Crippen molar-refractivity contribution in [3.63, 3.8) is 0 Å². The number of nitrogens with one attached hydrogen (secondary N) is 1. The zero-order chi connectivity index (χ0) is 10.6. The Labute approximate surface area is 97.8 Å². The van der Waals surface area contributed by atoms with Gasteiger partial charge in [0.25, 0.3) is 0 Å². The van der Waals surface area contributed by atoms with Crippen molar-refractivity contribution < 1.29 is 4.74 Å². The van der Waals surface area contributed by atoms with E-state index in [2.05, 4.69) is 15.9 Å². The number of rotatable bonds is 3. The van der Waals surface area contributed by atoms with E-state index in [0.717, 1.165) is 26.1 Å². The van der Waals surface area contributed by atoms with Gasteiger partial charge in [-0.05, 0) is 19.8 Å². The summed E-state index contributed by atoms with van der Waals surface area (Å²) in [5, 5.41) is 8.76.